The Labute approximate surface area is 102 Å². The van der Waals surface area contributed by atoms with Crippen LogP contribution in [-0.2, 0) is 0 Å². The normalized spacial score (nSPS) is 10.1. The van der Waals surface area contributed by atoms with E-state index in [0.29, 0.717) is 17.1 Å². The molecule has 18 heavy (non-hydrogen) atoms. The average molecular weight is 247 g/mol. The molecule has 1 heterocycles. The first-order valence-electron chi connectivity index (χ1n) is 5.17. The molecule has 0 atom stereocenters. The van der Waals surface area contributed by atoms with E-state index in [-0.39, 0.29) is 11.5 Å². The minimum atomic E-state index is -1.14. The third-order valence-corrected chi connectivity index (χ3v) is 2.41. The van der Waals surface area contributed by atoms with Crippen LogP contribution in [0.4, 0.5) is 15.9 Å². The number of nitrogens with one attached hydrogen (secondary N) is 1. The lowest BCUT2D eigenvalue weighted by molar-refractivity contribution is 0.0689. The van der Waals surface area contributed by atoms with Gasteiger partial charge in [0.15, 0.2) is 11.5 Å². The van der Waals surface area contributed by atoms with Gasteiger partial charge in [-0.3, -0.25) is 0 Å². The Balaban J connectivity index is 2.24. The van der Waals surface area contributed by atoms with Crippen LogP contribution in [0.1, 0.15) is 16.1 Å². The van der Waals surface area contributed by atoms with Gasteiger partial charge in [0.2, 0.25) is 0 Å². The van der Waals surface area contributed by atoms with Crippen molar-refractivity contribution >= 4 is 17.5 Å². The SMILES string of the molecule is Cc1c(F)cccc1Nc1ccc(C(=O)O)nn1. The van der Waals surface area contributed by atoms with Crippen LogP contribution in [0, 0.1) is 12.7 Å². The highest BCUT2D eigenvalue weighted by molar-refractivity contribution is 5.85. The largest absolute Gasteiger partial charge is 0.476 e. The number of rotatable bonds is 3. The zero-order valence-electron chi connectivity index (χ0n) is 9.51. The monoisotopic (exact) mass is 247 g/mol. The molecule has 2 N–H and O–H groups in total. The zero-order valence-corrected chi connectivity index (χ0v) is 9.51. The van der Waals surface area contributed by atoms with Crippen LogP contribution < -0.4 is 5.32 Å². The summed E-state index contributed by atoms with van der Waals surface area (Å²) >= 11 is 0. The maximum Gasteiger partial charge on any atom is 0.356 e. The second-order valence-corrected chi connectivity index (χ2v) is 3.65. The fraction of sp³-hybridized carbons (Fsp3) is 0.0833. The van der Waals surface area contributed by atoms with E-state index in [1.807, 2.05) is 0 Å². The lowest BCUT2D eigenvalue weighted by Gasteiger charge is -2.08. The zero-order chi connectivity index (χ0) is 13.1. The Kier molecular flexibility index (Phi) is 3.18. The summed E-state index contributed by atoms with van der Waals surface area (Å²) in [5.74, 6) is -1.11. The van der Waals surface area contributed by atoms with E-state index in [4.69, 9.17) is 5.11 Å². The number of carboxylic acids is 1. The number of hydrogen-bond acceptors (Lipinski definition) is 4. The van der Waals surface area contributed by atoms with Gasteiger partial charge in [-0.15, -0.1) is 10.2 Å². The molecule has 0 spiro atoms. The number of carboxylic acid groups (broad SMARTS) is 1. The summed E-state index contributed by atoms with van der Waals surface area (Å²) in [6, 6.07) is 7.43. The van der Waals surface area contributed by atoms with Gasteiger partial charge in [0, 0.05) is 11.3 Å². The van der Waals surface area contributed by atoms with Gasteiger partial charge in [-0.1, -0.05) is 6.07 Å². The molecule has 1 aromatic heterocycles. The Hall–Kier alpha value is -2.50. The number of nitrogens with zero attached hydrogens (tertiary/aromatic N) is 2. The van der Waals surface area contributed by atoms with Crippen LogP contribution in [0.15, 0.2) is 30.3 Å². The van der Waals surface area contributed by atoms with E-state index in [0.717, 1.165) is 0 Å². The lowest BCUT2D eigenvalue weighted by atomic mass is 10.2. The van der Waals surface area contributed by atoms with Gasteiger partial charge in [0.05, 0.1) is 0 Å². The fourth-order valence-electron chi connectivity index (χ4n) is 1.39. The molecule has 0 aliphatic heterocycles. The van der Waals surface area contributed by atoms with Gasteiger partial charge < -0.3 is 10.4 Å². The topological polar surface area (TPSA) is 75.1 Å². The average Bonchev–Trinajstić information content (AvgIpc) is 2.36. The molecule has 0 aliphatic carbocycles. The third kappa shape index (κ3) is 2.42. The summed E-state index contributed by atoms with van der Waals surface area (Å²) in [4.78, 5) is 10.6. The highest BCUT2D eigenvalue weighted by atomic mass is 19.1. The van der Waals surface area contributed by atoms with E-state index >= 15 is 0 Å². The van der Waals surface area contributed by atoms with Crippen molar-refractivity contribution < 1.29 is 14.3 Å². The molecule has 0 bridgehead atoms. The Morgan fingerprint density at radius 3 is 2.67 bits per heavy atom. The molecule has 5 nitrogen and oxygen atoms in total. The molecule has 2 rings (SSSR count). The van der Waals surface area contributed by atoms with Crippen molar-refractivity contribution in [1.29, 1.82) is 0 Å². The number of halogens is 1. The van der Waals surface area contributed by atoms with Crippen LogP contribution >= 0.6 is 0 Å². The lowest BCUT2D eigenvalue weighted by Crippen LogP contribution is -2.04. The van der Waals surface area contributed by atoms with Crippen molar-refractivity contribution in [1.82, 2.24) is 10.2 Å². The standard InChI is InChI=1S/C12H10FN3O2/c1-7-8(13)3-2-4-9(7)14-11-6-5-10(12(17)18)15-16-11/h2-6H,1H3,(H,14,16)(H,17,18). The quantitative estimate of drug-likeness (QED) is 0.870. The fourth-order valence-corrected chi connectivity index (χ4v) is 1.39. The third-order valence-electron chi connectivity index (χ3n) is 2.41. The molecule has 0 radical (unpaired) electrons. The second-order valence-electron chi connectivity index (χ2n) is 3.65. The Morgan fingerprint density at radius 2 is 2.06 bits per heavy atom. The molecule has 0 saturated heterocycles. The summed E-state index contributed by atoms with van der Waals surface area (Å²) in [7, 11) is 0. The van der Waals surface area contributed by atoms with Crippen molar-refractivity contribution in [2.45, 2.75) is 6.92 Å². The summed E-state index contributed by atoms with van der Waals surface area (Å²) in [6.07, 6.45) is 0. The molecule has 1 aromatic carbocycles. The predicted molar refractivity (Wildman–Crippen MR) is 63.4 cm³/mol. The van der Waals surface area contributed by atoms with Crippen molar-refractivity contribution in [2.75, 3.05) is 5.32 Å². The second kappa shape index (κ2) is 4.79. The molecule has 0 fully saturated rings. The number of hydrogen-bond donors (Lipinski definition) is 2. The highest BCUT2D eigenvalue weighted by Gasteiger charge is 2.07. The molecule has 0 unspecified atom stereocenters. The number of benzene rings is 1. The van der Waals surface area contributed by atoms with Crippen molar-refractivity contribution in [3.05, 3.63) is 47.4 Å². The highest BCUT2D eigenvalue weighted by Crippen LogP contribution is 2.20. The summed E-state index contributed by atoms with van der Waals surface area (Å²) in [5.41, 5.74) is 0.880. The maximum absolute atomic E-state index is 13.3. The van der Waals surface area contributed by atoms with Gasteiger partial charge in [-0.2, -0.15) is 0 Å². The van der Waals surface area contributed by atoms with Crippen LogP contribution in [0.3, 0.4) is 0 Å². The molecular weight excluding hydrogens is 237 g/mol. The Morgan fingerprint density at radius 1 is 1.28 bits per heavy atom. The smallest absolute Gasteiger partial charge is 0.356 e. The summed E-state index contributed by atoms with van der Waals surface area (Å²) in [5, 5.41) is 18.8. The van der Waals surface area contributed by atoms with E-state index in [1.54, 1.807) is 19.1 Å². The van der Waals surface area contributed by atoms with Crippen molar-refractivity contribution in [3.8, 4) is 0 Å². The molecule has 0 aliphatic rings. The van der Waals surface area contributed by atoms with Gasteiger partial charge in [0.1, 0.15) is 5.82 Å². The first kappa shape index (κ1) is 12.0. The minimum absolute atomic E-state index is 0.142. The minimum Gasteiger partial charge on any atom is -0.476 e. The Bertz CT molecular complexity index is 584. The molecule has 0 amide bonds. The number of anilines is 2. The van der Waals surface area contributed by atoms with Crippen LogP contribution in [0.5, 0.6) is 0 Å². The molecule has 92 valence electrons. The van der Waals surface area contributed by atoms with Crippen molar-refractivity contribution in [3.63, 3.8) is 0 Å². The van der Waals surface area contributed by atoms with Gasteiger partial charge in [-0.05, 0) is 31.2 Å². The first-order valence-corrected chi connectivity index (χ1v) is 5.17. The van der Waals surface area contributed by atoms with Crippen molar-refractivity contribution in [2.24, 2.45) is 0 Å². The number of carbonyl (C=O) groups is 1. The number of aromatic nitrogens is 2. The molecule has 6 heteroatoms. The van der Waals surface area contributed by atoms with Crippen LogP contribution in [0.25, 0.3) is 0 Å². The van der Waals surface area contributed by atoms with E-state index < -0.39 is 5.97 Å². The maximum atomic E-state index is 13.3. The number of aromatic carboxylic acids is 1. The van der Waals surface area contributed by atoms with Crippen LogP contribution in [0.2, 0.25) is 0 Å². The summed E-state index contributed by atoms with van der Waals surface area (Å²) < 4.78 is 13.3. The molecule has 0 saturated carbocycles. The molecular formula is C12H10FN3O2. The first-order chi connectivity index (χ1) is 8.58. The van der Waals surface area contributed by atoms with Gasteiger partial charge in [-0.25, -0.2) is 9.18 Å². The van der Waals surface area contributed by atoms with Gasteiger partial charge in [0.25, 0.3) is 0 Å². The molecule has 2 aromatic rings. The summed E-state index contributed by atoms with van der Waals surface area (Å²) in [6.45, 7) is 1.64. The van der Waals surface area contributed by atoms with Gasteiger partial charge >= 0.3 is 5.97 Å². The van der Waals surface area contributed by atoms with E-state index in [1.165, 1.54) is 18.2 Å². The van der Waals surface area contributed by atoms with Crippen LogP contribution in [-0.4, -0.2) is 21.3 Å². The predicted octanol–water partition coefficient (Wildman–Crippen LogP) is 2.37. The van der Waals surface area contributed by atoms with E-state index in [2.05, 4.69) is 15.5 Å². The van der Waals surface area contributed by atoms with E-state index in [9.17, 15) is 9.18 Å².